The topological polar surface area (TPSA) is 112 Å². The van der Waals surface area contributed by atoms with Gasteiger partial charge in [-0.05, 0) is 36.4 Å². The SMILES string of the molecule is COc1cc(OC)c(C=CS(=O)(=O)Nc2ccc(OC)c(NC(=O)c3ccccc3)c2)c(OC)c1. The van der Waals surface area contributed by atoms with Crippen LogP contribution in [0.3, 0.4) is 0 Å². The summed E-state index contributed by atoms with van der Waals surface area (Å²) in [7, 11) is 1.93. The Morgan fingerprint density at radius 2 is 1.43 bits per heavy atom. The highest BCUT2D eigenvalue weighted by Crippen LogP contribution is 2.35. The molecule has 0 unspecified atom stereocenters. The largest absolute Gasteiger partial charge is 0.496 e. The van der Waals surface area contributed by atoms with Crippen molar-refractivity contribution in [3.8, 4) is 23.0 Å². The lowest BCUT2D eigenvalue weighted by Gasteiger charge is -2.14. The van der Waals surface area contributed by atoms with Crippen LogP contribution in [0.2, 0.25) is 0 Å². The summed E-state index contributed by atoms with van der Waals surface area (Å²) < 4.78 is 49.2. The molecule has 0 bridgehead atoms. The molecule has 9 nitrogen and oxygen atoms in total. The molecule has 3 aromatic rings. The standard InChI is InChI=1S/C25H26N2O7S/c1-31-19-15-23(33-3)20(24(16-19)34-4)12-13-35(29,30)27-18-10-11-22(32-2)21(14-18)26-25(28)17-8-6-5-7-9-17/h5-16,27H,1-4H3,(H,26,28). The highest BCUT2D eigenvalue weighted by Gasteiger charge is 2.15. The van der Waals surface area contributed by atoms with Crippen LogP contribution in [-0.4, -0.2) is 42.8 Å². The lowest BCUT2D eigenvalue weighted by Crippen LogP contribution is -2.13. The van der Waals surface area contributed by atoms with Gasteiger partial charge in [0.25, 0.3) is 15.9 Å². The van der Waals surface area contributed by atoms with Gasteiger partial charge in [0.2, 0.25) is 0 Å². The number of rotatable bonds is 10. The second kappa shape index (κ2) is 11.3. The Hall–Kier alpha value is -4.18. The van der Waals surface area contributed by atoms with Gasteiger partial charge in [0, 0.05) is 17.7 Å². The van der Waals surface area contributed by atoms with Crippen molar-refractivity contribution in [1.82, 2.24) is 0 Å². The van der Waals surface area contributed by atoms with Crippen LogP contribution in [0.5, 0.6) is 23.0 Å². The lowest BCUT2D eigenvalue weighted by atomic mass is 10.1. The fourth-order valence-electron chi connectivity index (χ4n) is 3.21. The van der Waals surface area contributed by atoms with E-state index in [2.05, 4.69) is 10.0 Å². The highest BCUT2D eigenvalue weighted by atomic mass is 32.2. The van der Waals surface area contributed by atoms with Crippen LogP contribution in [-0.2, 0) is 10.0 Å². The van der Waals surface area contributed by atoms with Crippen LogP contribution in [0, 0.1) is 0 Å². The Morgan fingerprint density at radius 3 is 2.00 bits per heavy atom. The van der Waals surface area contributed by atoms with Crippen molar-refractivity contribution >= 4 is 33.4 Å². The summed E-state index contributed by atoms with van der Waals surface area (Å²) in [6, 6.07) is 16.4. The summed E-state index contributed by atoms with van der Waals surface area (Å²) in [5, 5.41) is 3.73. The number of sulfonamides is 1. The molecule has 3 aromatic carbocycles. The van der Waals surface area contributed by atoms with Gasteiger partial charge < -0.3 is 24.3 Å². The van der Waals surface area contributed by atoms with Gasteiger partial charge in [-0.2, -0.15) is 0 Å². The summed E-state index contributed by atoms with van der Waals surface area (Å²) in [4.78, 5) is 12.6. The Morgan fingerprint density at radius 1 is 0.800 bits per heavy atom. The van der Waals surface area contributed by atoms with Gasteiger partial charge in [-0.15, -0.1) is 0 Å². The minimum absolute atomic E-state index is 0.229. The molecule has 0 aliphatic rings. The van der Waals surface area contributed by atoms with Gasteiger partial charge in [0.1, 0.15) is 23.0 Å². The molecule has 0 saturated heterocycles. The van der Waals surface area contributed by atoms with Gasteiger partial charge in [-0.25, -0.2) is 8.42 Å². The maximum Gasteiger partial charge on any atom is 0.255 e. The fourth-order valence-corrected chi connectivity index (χ4v) is 4.04. The van der Waals surface area contributed by atoms with E-state index in [-0.39, 0.29) is 11.6 Å². The Balaban J connectivity index is 1.85. The molecule has 0 fully saturated rings. The number of carbonyl (C=O) groups excluding carboxylic acids is 1. The van der Waals surface area contributed by atoms with Crippen LogP contribution >= 0.6 is 0 Å². The first-order valence-electron chi connectivity index (χ1n) is 10.4. The van der Waals surface area contributed by atoms with E-state index in [0.29, 0.717) is 39.8 Å². The van der Waals surface area contributed by atoms with E-state index in [1.165, 1.54) is 46.6 Å². The maximum absolute atomic E-state index is 12.8. The van der Waals surface area contributed by atoms with Crippen LogP contribution in [0.4, 0.5) is 11.4 Å². The molecule has 35 heavy (non-hydrogen) atoms. The second-order valence-electron chi connectivity index (χ2n) is 7.13. The van der Waals surface area contributed by atoms with Crippen LogP contribution in [0.15, 0.2) is 66.1 Å². The Bertz CT molecular complexity index is 1300. The molecule has 1 amide bonds. The van der Waals surface area contributed by atoms with Crippen molar-refractivity contribution in [3.63, 3.8) is 0 Å². The number of hydrogen-bond acceptors (Lipinski definition) is 7. The normalized spacial score (nSPS) is 11.1. The van der Waals surface area contributed by atoms with Gasteiger partial charge in [0.05, 0.1) is 50.8 Å². The van der Waals surface area contributed by atoms with Gasteiger partial charge in [0.15, 0.2) is 0 Å². The van der Waals surface area contributed by atoms with Gasteiger partial charge >= 0.3 is 0 Å². The third-order valence-electron chi connectivity index (χ3n) is 4.91. The zero-order valence-corrected chi connectivity index (χ0v) is 20.5. The van der Waals surface area contributed by atoms with Crippen LogP contribution < -0.4 is 29.0 Å². The summed E-state index contributed by atoms with van der Waals surface area (Å²) in [5.74, 6) is 1.27. The van der Waals surface area contributed by atoms with Crippen LogP contribution in [0.1, 0.15) is 15.9 Å². The Kier molecular flexibility index (Phi) is 8.21. The number of nitrogens with one attached hydrogen (secondary N) is 2. The van der Waals surface area contributed by atoms with E-state index >= 15 is 0 Å². The van der Waals surface area contributed by atoms with E-state index in [4.69, 9.17) is 18.9 Å². The van der Waals surface area contributed by atoms with Crippen molar-refractivity contribution in [3.05, 3.63) is 77.2 Å². The molecule has 0 saturated carbocycles. The lowest BCUT2D eigenvalue weighted by molar-refractivity contribution is 0.102. The van der Waals surface area contributed by atoms with E-state index in [1.54, 1.807) is 48.5 Å². The van der Waals surface area contributed by atoms with E-state index in [0.717, 1.165) is 5.41 Å². The van der Waals surface area contributed by atoms with Crippen LogP contribution in [0.25, 0.3) is 6.08 Å². The molecular weight excluding hydrogens is 472 g/mol. The predicted molar refractivity (Wildman–Crippen MR) is 135 cm³/mol. The van der Waals surface area contributed by atoms with E-state index in [9.17, 15) is 13.2 Å². The second-order valence-corrected chi connectivity index (χ2v) is 8.70. The minimum Gasteiger partial charge on any atom is -0.496 e. The van der Waals surface area contributed by atoms with Crippen molar-refractivity contribution in [2.24, 2.45) is 0 Å². The molecule has 0 radical (unpaired) electrons. The zero-order valence-electron chi connectivity index (χ0n) is 19.7. The monoisotopic (exact) mass is 498 g/mol. The number of carbonyl (C=O) groups is 1. The molecule has 0 aliphatic heterocycles. The van der Waals surface area contributed by atoms with E-state index in [1.807, 2.05) is 0 Å². The average molecular weight is 499 g/mol. The molecule has 0 aliphatic carbocycles. The highest BCUT2D eigenvalue weighted by molar-refractivity contribution is 7.95. The first kappa shape index (κ1) is 25.4. The minimum atomic E-state index is -3.94. The first-order chi connectivity index (χ1) is 16.8. The summed E-state index contributed by atoms with van der Waals surface area (Å²) in [5.41, 5.74) is 1.41. The number of ether oxygens (including phenoxy) is 4. The fraction of sp³-hybridized carbons (Fsp3) is 0.160. The Labute approximate surface area is 204 Å². The smallest absolute Gasteiger partial charge is 0.255 e. The van der Waals surface area contributed by atoms with Gasteiger partial charge in [-0.1, -0.05) is 18.2 Å². The quantitative estimate of drug-likeness (QED) is 0.426. The molecule has 0 aromatic heterocycles. The maximum atomic E-state index is 12.8. The molecule has 184 valence electrons. The number of amides is 1. The molecular formula is C25H26N2O7S. The summed E-state index contributed by atoms with van der Waals surface area (Å²) in [6.07, 6.45) is 1.36. The number of hydrogen-bond donors (Lipinski definition) is 2. The molecule has 0 heterocycles. The molecule has 0 spiro atoms. The number of anilines is 2. The number of methoxy groups -OCH3 is 4. The third-order valence-corrected chi connectivity index (χ3v) is 5.93. The van der Waals surface area contributed by atoms with E-state index < -0.39 is 10.0 Å². The van der Waals surface area contributed by atoms with Crippen molar-refractivity contribution in [1.29, 1.82) is 0 Å². The molecule has 0 atom stereocenters. The third kappa shape index (κ3) is 6.45. The molecule has 3 rings (SSSR count). The summed E-state index contributed by atoms with van der Waals surface area (Å²) in [6.45, 7) is 0. The summed E-state index contributed by atoms with van der Waals surface area (Å²) >= 11 is 0. The number of benzene rings is 3. The van der Waals surface area contributed by atoms with Gasteiger partial charge in [-0.3, -0.25) is 9.52 Å². The van der Waals surface area contributed by atoms with Crippen molar-refractivity contribution < 1.29 is 32.2 Å². The molecule has 2 N–H and O–H groups in total. The molecule has 10 heteroatoms. The zero-order chi connectivity index (χ0) is 25.4. The van der Waals surface area contributed by atoms with Crippen molar-refractivity contribution in [2.45, 2.75) is 0 Å². The first-order valence-corrected chi connectivity index (χ1v) is 11.9. The predicted octanol–water partition coefficient (Wildman–Crippen LogP) is 4.39. The van der Waals surface area contributed by atoms with Crippen molar-refractivity contribution in [2.75, 3.05) is 38.5 Å². The average Bonchev–Trinajstić information content (AvgIpc) is 2.87.